The van der Waals surface area contributed by atoms with Crippen LogP contribution in [0.5, 0.6) is 0 Å². The molecule has 0 aromatic rings. The van der Waals surface area contributed by atoms with Crippen molar-refractivity contribution in [1.82, 2.24) is 5.32 Å². The SMILES string of the molecule is C=CC(=O)OCCNC(=O)OC(C)COC(C)=O. The van der Waals surface area contributed by atoms with E-state index in [0.717, 1.165) is 6.08 Å². The van der Waals surface area contributed by atoms with E-state index in [0.29, 0.717) is 0 Å². The second-order valence-electron chi connectivity index (χ2n) is 3.32. The Hall–Kier alpha value is -2.05. The smallest absolute Gasteiger partial charge is 0.407 e. The predicted octanol–water partition coefficient (Wildman–Crippen LogP) is 0.393. The number of nitrogens with one attached hydrogen (secondary N) is 1. The van der Waals surface area contributed by atoms with Gasteiger partial charge in [0.1, 0.15) is 19.3 Å². The molecule has 0 spiro atoms. The Labute approximate surface area is 105 Å². The minimum absolute atomic E-state index is 0.00575. The molecule has 1 atom stereocenters. The van der Waals surface area contributed by atoms with Crippen LogP contribution < -0.4 is 5.32 Å². The molecule has 0 aromatic carbocycles. The summed E-state index contributed by atoms with van der Waals surface area (Å²) >= 11 is 0. The first-order chi connectivity index (χ1) is 8.45. The molecule has 7 nitrogen and oxygen atoms in total. The van der Waals surface area contributed by atoms with Gasteiger partial charge < -0.3 is 19.5 Å². The summed E-state index contributed by atoms with van der Waals surface area (Å²) in [5.74, 6) is -1.00. The first-order valence-electron chi connectivity index (χ1n) is 5.32. The maximum Gasteiger partial charge on any atom is 0.407 e. The first kappa shape index (κ1) is 16.0. The number of hydrogen-bond acceptors (Lipinski definition) is 6. The largest absolute Gasteiger partial charge is 0.462 e. The third-order valence-electron chi connectivity index (χ3n) is 1.61. The van der Waals surface area contributed by atoms with Gasteiger partial charge in [0.15, 0.2) is 0 Å². The normalized spacial score (nSPS) is 11.0. The van der Waals surface area contributed by atoms with Crippen molar-refractivity contribution < 1.29 is 28.6 Å². The Balaban J connectivity index is 3.61. The van der Waals surface area contributed by atoms with Gasteiger partial charge in [-0.15, -0.1) is 0 Å². The average molecular weight is 259 g/mol. The monoisotopic (exact) mass is 259 g/mol. The van der Waals surface area contributed by atoms with Crippen molar-refractivity contribution in [2.75, 3.05) is 19.8 Å². The summed E-state index contributed by atoms with van der Waals surface area (Å²) in [5, 5.41) is 2.37. The van der Waals surface area contributed by atoms with Crippen molar-refractivity contribution in [2.24, 2.45) is 0 Å². The van der Waals surface area contributed by atoms with Gasteiger partial charge in [0.05, 0.1) is 6.54 Å². The van der Waals surface area contributed by atoms with Gasteiger partial charge in [0, 0.05) is 13.0 Å². The van der Waals surface area contributed by atoms with Crippen LogP contribution >= 0.6 is 0 Å². The van der Waals surface area contributed by atoms with Gasteiger partial charge in [-0.25, -0.2) is 9.59 Å². The predicted molar refractivity (Wildman–Crippen MR) is 61.7 cm³/mol. The molecule has 0 aliphatic rings. The van der Waals surface area contributed by atoms with Crippen LogP contribution in [0.2, 0.25) is 0 Å². The third kappa shape index (κ3) is 9.20. The van der Waals surface area contributed by atoms with E-state index in [1.807, 2.05) is 0 Å². The van der Waals surface area contributed by atoms with Crippen molar-refractivity contribution in [3.8, 4) is 0 Å². The van der Waals surface area contributed by atoms with Crippen LogP contribution in [0.15, 0.2) is 12.7 Å². The number of ether oxygens (including phenoxy) is 3. The van der Waals surface area contributed by atoms with Gasteiger partial charge >= 0.3 is 18.0 Å². The summed E-state index contributed by atoms with van der Waals surface area (Å²) in [6, 6.07) is 0. The summed E-state index contributed by atoms with van der Waals surface area (Å²) < 4.78 is 14.1. The van der Waals surface area contributed by atoms with E-state index in [9.17, 15) is 14.4 Å². The van der Waals surface area contributed by atoms with E-state index in [-0.39, 0.29) is 19.8 Å². The minimum atomic E-state index is -0.677. The molecule has 0 heterocycles. The molecule has 0 bridgehead atoms. The fraction of sp³-hybridized carbons (Fsp3) is 0.545. The number of alkyl carbamates (subject to hydrolysis) is 1. The average Bonchev–Trinajstić information content (AvgIpc) is 2.31. The van der Waals surface area contributed by atoms with Gasteiger partial charge in [0.25, 0.3) is 0 Å². The Bertz CT molecular complexity index is 315. The van der Waals surface area contributed by atoms with Gasteiger partial charge in [-0.2, -0.15) is 0 Å². The fourth-order valence-electron chi connectivity index (χ4n) is 0.857. The van der Waals surface area contributed by atoms with Crippen LogP contribution in [0.3, 0.4) is 0 Å². The van der Waals surface area contributed by atoms with Gasteiger partial charge in [0.2, 0.25) is 0 Å². The number of hydrogen-bond donors (Lipinski definition) is 1. The molecule has 1 unspecified atom stereocenters. The zero-order valence-electron chi connectivity index (χ0n) is 10.4. The van der Waals surface area contributed by atoms with E-state index < -0.39 is 24.1 Å². The molecule has 18 heavy (non-hydrogen) atoms. The van der Waals surface area contributed by atoms with Gasteiger partial charge in [-0.1, -0.05) is 6.58 Å². The van der Waals surface area contributed by atoms with Crippen LogP contribution in [0.4, 0.5) is 4.79 Å². The second-order valence-corrected chi connectivity index (χ2v) is 3.32. The molecule has 7 heteroatoms. The molecule has 0 rings (SSSR count). The quantitative estimate of drug-likeness (QED) is 0.308. The Morgan fingerprint density at radius 3 is 2.56 bits per heavy atom. The second kappa shape index (κ2) is 9.03. The van der Waals surface area contributed by atoms with E-state index in [1.54, 1.807) is 6.92 Å². The number of esters is 2. The van der Waals surface area contributed by atoms with Crippen LogP contribution in [-0.2, 0) is 23.8 Å². The first-order valence-corrected chi connectivity index (χ1v) is 5.32. The Kier molecular flexibility index (Phi) is 8.00. The van der Waals surface area contributed by atoms with E-state index in [1.165, 1.54) is 6.92 Å². The molecule has 0 saturated heterocycles. The lowest BCUT2D eigenvalue weighted by atomic mass is 10.4. The molecule has 0 radical (unpaired) electrons. The standard InChI is InChI=1S/C11H17NO6/c1-4-10(14)16-6-5-12-11(15)18-8(2)7-17-9(3)13/h4,8H,1,5-7H2,2-3H3,(H,12,15). The van der Waals surface area contributed by atoms with E-state index in [2.05, 4.69) is 21.4 Å². The lowest BCUT2D eigenvalue weighted by Crippen LogP contribution is -2.32. The van der Waals surface area contributed by atoms with Crippen LogP contribution in [0, 0.1) is 0 Å². The Morgan fingerprint density at radius 2 is 2.00 bits per heavy atom. The highest BCUT2D eigenvalue weighted by molar-refractivity contribution is 5.81. The molecule has 0 aromatic heterocycles. The van der Waals surface area contributed by atoms with Crippen molar-refractivity contribution in [1.29, 1.82) is 0 Å². The van der Waals surface area contributed by atoms with Crippen molar-refractivity contribution in [3.05, 3.63) is 12.7 Å². The van der Waals surface area contributed by atoms with Crippen LogP contribution in [0.25, 0.3) is 0 Å². The number of carbonyl (C=O) groups excluding carboxylic acids is 3. The molecule has 102 valence electrons. The van der Waals surface area contributed by atoms with Gasteiger partial charge in [-0.3, -0.25) is 4.79 Å². The van der Waals surface area contributed by atoms with E-state index >= 15 is 0 Å². The molecule has 0 aliphatic carbocycles. The summed E-state index contributed by atoms with van der Waals surface area (Å²) in [7, 11) is 0. The zero-order chi connectivity index (χ0) is 14.0. The molecule has 1 amide bonds. The molecule has 1 N–H and O–H groups in total. The van der Waals surface area contributed by atoms with Crippen molar-refractivity contribution >= 4 is 18.0 Å². The van der Waals surface area contributed by atoms with Crippen LogP contribution in [-0.4, -0.2) is 43.9 Å². The summed E-state index contributed by atoms with van der Waals surface area (Å²) in [5.41, 5.74) is 0. The van der Waals surface area contributed by atoms with Crippen molar-refractivity contribution in [3.63, 3.8) is 0 Å². The third-order valence-corrected chi connectivity index (χ3v) is 1.61. The molecule has 0 saturated carbocycles. The lowest BCUT2D eigenvalue weighted by molar-refractivity contribution is -0.143. The number of carbonyl (C=O) groups is 3. The zero-order valence-corrected chi connectivity index (χ0v) is 10.4. The molecular formula is C11H17NO6. The molecule has 0 fully saturated rings. The summed E-state index contributed by atoms with van der Waals surface area (Å²) in [6.45, 7) is 6.21. The maximum atomic E-state index is 11.2. The highest BCUT2D eigenvalue weighted by Gasteiger charge is 2.10. The number of amides is 1. The topological polar surface area (TPSA) is 90.9 Å². The van der Waals surface area contributed by atoms with E-state index in [4.69, 9.17) is 4.74 Å². The van der Waals surface area contributed by atoms with Gasteiger partial charge in [-0.05, 0) is 6.92 Å². The van der Waals surface area contributed by atoms with Crippen LogP contribution in [0.1, 0.15) is 13.8 Å². The molecular weight excluding hydrogens is 242 g/mol. The van der Waals surface area contributed by atoms with Crippen molar-refractivity contribution in [2.45, 2.75) is 20.0 Å². The lowest BCUT2D eigenvalue weighted by Gasteiger charge is -2.13. The Morgan fingerprint density at radius 1 is 1.33 bits per heavy atom. The summed E-state index contributed by atoms with van der Waals surface area (Å²) in [6.07, 6.45) is -0.201. The number of rotatable bonds is 7. The highest BCUT2D eigenvalue weighted by Crippen LogP contribution is 1.93. The summed E-state index contributed by atoms with van der Waals surface area (Å²) in [4.78, 5) is 32.3. The minimum Gasteiger partial charge on any atom is -0.462 e. The highest BCUT2D eigenvalue weighted by atomic mass is 16.6. The molecule has 0 aliphatic heterocycles. The maximum absolute atomic E-state index is 11.2. The fourth-order valence-corrected chi connectivity index (χ4v) is 0.857.